The summed E-state index contributed by atoms with van der Waals surface area (Å²) < 4.78 is 6.83. The SMILES string of the molecule is Cn1nnnc1-c1cccc(NC(=O)c2cc(-c3ccccc3)on2)c1. The van der Waals surface area contributed by atoms with Crippen LogP contribution in [0.25, 0.3) is 22.7 Å². The van der Waals surface area contributed by atoms with Gasteiger partial charge in [0, 0.05) is 29.9 Å². The monoisotopic (exact) mass is 346 g/mol. The summed E-state index contributed by atoms with van der Waals surface area (Å²) in [7, 11) is 1.75. The van der Waals surface area contributed by atoms with Gasteiger partial charge in [0.2, 0.25) is 0 Å². The zero-order valence-electron chi connectivity index (χ0n) is 13.8. The Labute approximate surface area is 148 Å². The van der Waals surface area contributed by atoms with Gasteiger partial charge in [0.15, 0.2) is 17.3 Å². The maximum atomic E-state index is 12.4. The Morgan fingerprint density at radius 1 is 1.04 bits per heavy atom. The third-order valence-electron chi connectivity index (χ3n) is 3.80. The summed E-state index contributed by atoms with van der Waals surface area (Å²) in [5.41, 5.74) is 2.46. The van der Waals surface area contributed by atoms with Crippen molar-refractivity contribution in [2.45, 2.75) is 0 Å². The first-order chi connectivity index (χ1) is 12.7. The van der Waals surface area contributed by atoms with E-state index in [1.165, 1.54) is 0 Å². The van der Waals surface area contributed by atoms with E-state index in [9.17, 15) is 4.79 Å². The lowest BCUT2D eigenvalue weighted by atomic mass is 10.1. The van der Waals surface area contributed by atoms with Gasteiger partial charge in [-0.05, 0) is 22.6 Å². The molecule has 0 bridgehead atoms. The first-order valence-corrected chi connectivity index (χ1v) is 7.87. The van der Waals surface area contributed by atoms with Crippen molar-refractivity contribution in [1.29, 1.82) is 0 Å². The summed E-state index contributed by atoms with van der Waals surface area (Å²) in [6.45, 7) is 0. The molecule has 4 aromatic rings. The molecule has 0 atom stereocenters. The average Bonchev–Trinajstić information content (AvgIpc) is 3.32. The lowest BCUT2D eigenvalue weighted by Crippen LogP contribution is -2.12. The number of aromatic nitrogens is 5. The van der Waals surface area contributed by atoms with E-state index in [0.29, 0.717) is 17.3 Å². The molecule has 26 heavy (non-hydrogen) atoms. The third kappa shape index (κ3) is 3.07. The van der Waals surface area contributed by atoms with Crippen molar-refractivity contribution >= 4 is 11.6 Å². The number of benzene rings is 2. The van der Waals surface area contributed by atoms with Crippen molar-refractivity contribution in [3.63, 3.8) is 0 Å². The Balaban J connectivity index is 1.54. The van der Waals surface area contributed by atoms with Crippen molar-refractivity contribution in [2.75, 3.05) is 5.32 Å². The molecule has 0 radical (unpaired) electrons. The van der Waals surface area contributed by atoms with E-state index >= 15 is 0 Å². The molecule has 0 aliphatic rings. The normalized spacial score (nSPS) is 10.7. The fourth-order valence-corrected chi connectivity index (χ4v) is 2.53. The van der Waals surface area contributed by atoms with Crippen LogP contribution in [0.5, 0.6) is 0 Å². The van der Waals surface area contributed by atoms with Crippen LogP contribution in [0.2, 0.25) is 0 Å². The second-order valence-electron chi connectivity index (χ2n) is 5.60. The molecule has 8 heteroatoms. The lowest BCUT2D eigenvalue weighted by Gasteiger charge is -2.05. The topological polar surface area (TPSA) is 98.7 Å². The molecule has 0 saturated heterocycles. The Morgan fingerprint density at radius 2 is 1.85 bits per heavy atom. The van der Waals surface area contributed by atoms with Gasteiger partial charge >= 0.3 is 0 Å². The maximum absolute atomic E-state index is 12.4. The smallest absolute Gasteiger partial charge is 0.277 e. The van der Waals surface area contributed by atoms with Crippen LogP contribution in [0, 0.1) is 0 Å². The minimum absolute atomic E-state index is 0.203. The highest BCUT2D eigenvalue weighted by Gasteiger charge is 2.14. The predicted molar refractivity (Wildman–Crippen MR) is 94.1 cm³/mol. The average molecular weight is 346 g/mol. The minimum Gasteiger partial charge on any atom is -0.355 e. The van der Waals surface area contributed by atoms with Crippen LogP contribution in [-0.2, 0) is 7.05 Å². The van der Waals surface area contributed by atoms with E-state index in [0.717, 1.165) is 11.1 Å². The number of carbonyl (C=O) groups is 1. The quantitative estimate of drug-likeness (QED) is 0.610. The van der Waals surface area contributed by atoms with E-state index in [-0.39, 0.29) is 11.6 Å². The lowest BCUT2D eigenvalue weighted by molar-refractivity contribution is 0.101. The van der Waals surface area contributed by atoms with E-state index in [1.807, 2.05) is 42.5 Å². The van der Waals surface area contributed by atoms with Crippen LogP contribution in [0.4, 0.5) is 5.69 Å². The number of nitrogens with zero attached hydrogens (tertiary/aromatic N) is 5. The number of nitrogens with one attached hydrogen (secondary N) is 1. The maximum Gasteiger partial charge on any atom is 0.277 e. The number of rotatable bonds is 4. The van der Waals surface area contributed by atoms with Gasteiger partial charge in [-0.15, -0.1) is 5.10 Å². The third-order valence-corrected chi connectivity index (χ3v) is 3.80. The predicted octanol–water partition coefficient (Wildman–Crippen LogP) is 2.78. The molecule has 0 aliphatic carbocycles. The first kappa shape index (κ1) is 15.7. The Hall–Kier alpha value is -3.81. The largest absolute Gasteiger partial charge is 0.355 e. The van der Waals surface area contributed by atoms with E-state index in [1.54, 1.807) is 29.9 Å². The van der Waals surface area contributed by atoms with Crippen molar-refractivity contribution in [2.24, 2.45) is 7.05 Å². The molecule has 2 aromatic carbocycles. The molecule has 8 nitrogen and oxygen atoms in total. The molecule has 128 valence electrons. The highest BCUT2D eigenvalue weighted by atomic mass is 16.5. The molecule has 0 spiro atoms. The Morgan fingerprint density at radius 3 is 2.62 bits per heavy atom. The standard InChI is InChI=1S/C18H14N6O2/c1-24-17(20-22-23-24)13-8-5-9-14(10-13)19-18(25)15-11-16(26-21-15)12-6-3-2-4-7-12/h2-11H,1H3,(H,19,25). The molecular weight excluding hydrogens is 332 g/mol. The summed E-state index contributed by atoms with van der Waals surface area (Å²) in [6.07, 6.45) is 0. The van der Waals surface area contributed by atoms with Crippen molar-refractivity contribution in [1.82, 2.24) is 25.4 Å². The fourth-order valence-electron chi connectivity index (χ4n) is 2.53. The number of hydrogen-bond donors (Lipinski definition) is 1. The van der Waals surface area contributed by atoms with Gasteiger partial charge in [-0.25, -0.2) is 4.68 Å². The van der Waals surface area contributed by atoms with E-state index in [4.69, 9.17) is 4.52 Å². The van der Waals surface area contributed by atoms with Crippen LogP contribution in [0.15, 0.2) is 65.2 Å². The molecule has 0 fully saturated rings. The Bertz CT molecular complexity index is 1050. The number of carbonyl (C=O) groups excluding carboxylic acids is 1. The highest BCUT2D eigenvalue weighted by molar-refractivity contribution is 6.03. The molecule has 2 aromatic heterocycles. The molecule has 1 amide bonds. The number of amides is 1. The first-order valence-electron chi connectivity index (χ1n) is 7.87. The van der Waals surface area contributed by atoms with E-state index in [2.05, 4.69) is 26.0 Å². The summed E-state index contributed by atoms with van der Waals surface area (Å²) in [4.78, 5) is 12.4. The van der Waals surface area contributed by atoms with Crippen LogP contribution in [0.1, 0.15) is 10.5 Å². The number of anilines is 1. The second-order valence-corrected chi connectivity index (χ2v) is 5.60. The van der Waals surface area contributed by atoms with Crippen molar-refractivity contribution < 1.29 is 9.32 Å². The van der Waals surface area contributed by atoms with Crippen molar-refractivity contribution in [3.05, 3.63) is 66.4 Å². The van der Waals surface area contributed by atoms with Gasteiger partial charge in [-0.3, -0.25) is 4.79 Å². The van der Waals surface area contributed by atoms with Crippen LogP contribution < -0.4 is 5.32 Å². The summed E-state index contributed by atoms with van der Waals surface area (Å²) in [5.74, 6) is 0.785. The zero-order valence-corrected chi connectivity index (χ0v) is 13.8. The molecule has 4 rings (SSSR count). The van der Waals surface area contributed by atoms with Crippen LogP contribution in [0.3, 0.4) is 0 Å². The molecule has 0 saturated carbocycles. The van der Waals surface area contributed by atoms with Gasteiger partial charge in [0.05, 0.1) is 0 Å². The minimum atomic E-state index is -0.357. The summed E-state index contributed by atoms with van der Waals surface area (Å²) in [6, 6.07) is 18.3. The molecule has 2 heterocycles. The van der Waals surface area contributed by atoms with Crippen LogP contribution >= 0.6 is 0 Å². The van der Waals surface area contributed by atoms with Crippen LogP contribution in [-0.4, -0.2) is 31.3 Å². The Kier molecular flexibility index (Phi) is 3.98. The molecular formula is C18H14N6O2. The van der Waals surface area contributed by atoms with Gasteiger partial charge in [0.25, 0.3) is 5.91 Å². The summed E-state index contributed by atoms with van der Waals surface area (Å²) >= 11 is 0. The molecule has 1 N–H and O–H groups in total. The van der Waals surface area contributed by atoms with Gasteiger partial charge < -0.3 is 9.84 Å². The van der Waals surface area contributed by atoms with E-state index < -0.39 is 0 Å². The van der Waals surface area contributed by atoms with Crippen molar-refractivity contribution in [3.8, 4) is 22.7 Å². The number of tetrazole rings is 1. The number of aryl methyl sites for hydroxylation is 1. The highest BCUT2D eigenvalue weighted by Crippen LogP contribution is 2.22. The van der Waals surface area contributed by atoms with Gasteiger partial charge in [0.1, 0.15) is 0 Å². The number of hydrogen-bond acceptors (Lipinski definition) is 6. The van der Waals surface area contributed by atoms with Gasteiger partial charge in [-0.2, -0.15) is 0 Å². The zero-order chi connectivity index (χ0) is 17.9. The molecule has 0 unspecified atom stereocenters. The molecule has 0 aliphatic heterocycles. The van der Waals surface area contributed by atoms with Gasteiger partial charge in [-0.1, -0.05) is 47.6 Å². The fraction of sp³-hybridized carbons (Fsp3) is 0.0556. The summed E-state index contributed by atoms with van der Waals surface area (Å²) in [5, 5.41) is 18.0. The second kappa shape index (κ2) is 6.60.